The van der Waals surface area contributed by atoms with Crippen LogP contribution in [0.3, 0.4) is 0 Å². The van der Waals surface area contributed by atoms with Crippen LogP contribution in [0.4, 0.5) is 17.6 Å². The molecule has 1 aliphatic heterocycles. The quantitative estimate of drug-likeness (QED) is 0.864. The normalized spacial score (nSPS) is 19.6. The van der Waals surface area contributed by atoms with Gasteiger partial charge in [-0.25, -0.2) is 4.39 Å². The van der Waals surface area contributed by atoms with E-state index < -0.39 is 12.6 Å². The number of nitrogens with zero attached hydrogens (tertiary/aromatic N) is 3. The van der Waals surface area contributed by atoms with Gasteiger partial charge < -0.3 is 9.84 Å². The molecule has 1 unspecified atom stereocenters. The monoisotopic (exact) mass is 344 g/mol. The summed E-state index contributed by atoms with van der Waals surface area (Å²) in [6.45, 7) is 2.17. The van der Waals surface area contributed by atoms with Gasteiger partial charge in [-0.05, 0) is 17.7 Å². The molecule has 1 saturated heterocycles. The molecule has 130 valence electrons. The number of alkyl halides is 3. The zero-order valence-electron chi connectivity index (χ0n) is 12.7. The first-order valence-electron chi connectivity index (χ1n) is 7.49. The highest BCUT2D eigenvalue weighted by atomic mass is 19.4. The molecule has 1 N–H and O–H groups in total. The van der Waals surface area contributed by atoms with Crippen LogP contribution in [0.2, 0.25) is 0 Å². The van der Waals surface area contributed by atoms with Crippen molar-refractivity contribution in [1.82, 2.24) is 20.4 Å². The number of aromatic nitrogens is 2. The first-order chi connectivity index (χ1) is 11.4. The fourth-order valence-electron chi connectivity index (χ4n) is 2.76. The molecule has 24 heavy (non-hydrogen) atoms. The van der Waals surface area contributed by atoms with Crippen molar-refractivity contribution in [2.24, 2.45) is 0 Å². The highest BCUT2D eigenvalue weighted by Crippen LogP contribution is 2.25. The minimum atomic E-state index is -4.37. The third-order valence-electron chi connectivity index (χ3n) is 3.79. The lowest BCUT2D eigenvalue weighted by Crippen LogP contribution is -2.45. The van der Waals surface area contributed by atoms with Gasteiger partial charge in [0.1, 0.15) is 12.2 Å². The third kappa shape index (κ3) is 4.30. The van der Waals surface area contributed by atoms with Gasteiger partial charge in [-0.3, -0.25) is 4.90 Å². The summed E-state index contributed by atoms with van der Waals surface area (Å²) in [7, 11) is 0. The number of nitrogens with one attached hydrogen (secondary N) is 1. The zero-order valence-corrected chi connectivity index (χ0v) is 12.7. The summed E-state index contributed by atoms with van der Waals surface area (Å²) in [6, 6.07) is 6.15. The molecule has 1 aromatic heterocycles. The number of rotatable bonds is 4. The smallest absolute Gasteiger partial charge is 0.338 e. The van der Waals surface area contributed by atoms with Crippen LogP contribution in [0, 0.1) is 5.82 Å². The lowest BCUT2D eigenvalue weighted by atomic mass is 10.0. The molecule has 0 spiro atoms. The van der Waals surface area contributed by atoms with Gasteiger partial charge in [0, 0.05) is 25.7 Å². The van der Waals surface area contributed by atoms with Crippen LogP contribution in [0.5, 0.6) is 0 Å². The summed E-state index contributed by atoms with van der Waals surface area (Å²) in [5, 5.41) is 6.60. The third-order valence-corrected chi connectivity index (χ3v) is 3.79. The summed E-state index contributed by atoms with van der Waals surface area (Å²) in [4.78, 5) is 5.78. The Morgan fingerprint density at radius 2 is 2.17 bits per heavy atom. The highest BCUT2D eigenvalue weighted by Gasteiger charge is 2.31. The van der Waals surface area contributed by atoms with Crippen LogP contribution >= 0.6 is 0 Å². The van der Waals surface area contributed by atoms with Crippen molar-refractivity contribution >= 4 is 0 Å². The van der Waals surface area contributed by atoms with Gasteiger partial charge in [0.05, 0.1) is 6.54 Å². The van der Waals surface area contributed by atoms with Gasteiger partial charge in [0.2, 0.25) is 5.89 Å². The van der Waals surface area contributed by atoms with E-state index in [1.165, 1.54) is 12.1 Å². The van der Waals surface area contributed by atoms with Gasteiger partial charge in [0.15, 0.2) is 5.82 Å². The number of piperazine rings is 1. The van der Waals surface area contributed by atoms with Crippen molar-refractivity contribution in [1.29, 1.82) is 0 Å². The predicted octanol–water partition coefficient (Wildman–Crippen LogP) is 2.46. The minimum Gasteiger partial charge on any atom is -0.338 e. The SMILES string of the molecule is Fc1cccc(C2CNCCN2Cc2nc(CC(F)(F)F)no2)c1. The van der Waals surface area contributed by atoms with Gasteiger partial charge in [-0.1, -0.05) is 17.3 Å². The second-order valence-corrected chi connectivity index (χ2v) is 5.64. The average Bonchev–Trinajstić information content (AvgIpc) is 2.93. The van der Waals surface area contributed by atoms with Crippen LogP contribution < -0.4 is 5.32 Å². The first-order valence-corrected chi connectivity index (χ1v) is 7.49. The van der Waals surface area contributed by atoms with Crippen LogP contribution in [0.25, 0.3) is 0 Å². The molecule has 5 nitrogen and oxygen atoms in total. The number of benzene rings is 1. The van der Waals surface area contributed by atoms with Crippen LogP contribution in [-0.4, -0.2) is 40.9 Å². The molecule has 1 aliphatic rings. The summed E-state index contributed by atoms with van der Waals surface area (Å²) >= 11 is 0. The molecule has 0 radical (unpaired) electrons. The Kier molecular flexibility index (Phi) is 4.81. The molecule has 1 atom stereocenters. The molecular weight excluding hydrogens is 328 g/mol. The van der Waals surface area contributed by atoms with Gasteiger partial charge in [0.25, 0.3) is 0 Å². The molecule has 2 heterocycles. The lowest BCUT2D eigenvalue weighted by Gasteiger charge is -2.35. The predicted molar refractivity (Wildman–Crippen MR) is 76.5 cm³/mol. The molecule has 0 saturated carbocycles. The Labute approximate surface area is 135 Å². The topological polar surface area (TPSA) is 54.2 Å². The van der Waals surface area contributed by atoms with E-state index in [-0.39, 0.29) is 30.1 Å². The maximum Gasteiger partial charge on any atom is 0.396 e. The maximum atomic E-state index is 13.5. The molecule has 2 aromatic rings. The standard InChI is InChI=1S/C15H16F4N4O/c16-11-3-1-2-10(6-11)12-8-20-4-5-23(12)9-14-21-13(22-24-14)7-15(17,18)19/h1-3,6,12,20H,4-5,7-9H2. The van der Waals surface area contributed by atoms with Crippen molar-refractivity contribution in [3.05, 3.63) is 47.4 Å². The minimum absolute atomic E-state index is 0.118. The maximum absolute atomic E-state index is 13.5. The summed E-state index contributed by atoms with van der Waals surface area (Å²) in [5.41, 5.74) is 0.789. The summed E-state index contributed by atoms with van der Waals surface area (Å²) < 4.78 is 55.4. The number of halogens is 4. The molecule has 1 fully saturated rings. The highest BCUT2D eigenvalue weighted by molar-refractivity contribution is 5.21. The molecule has 0 bridgehead atoms. The fourth-order valence-corrected chi connectivity index (χ4v) is 2.76. The van der Waals surface area contributed by atoms with Crippen molar-refractivity contribution in [3.63, 3.8) is 0 Å². The van der Waals surface area contributed by atoms with Gasteiger partial charge >= 0.3 is 6.18 Å². The Balaban J connectivity index is 1.72. The first kappa shape index (κ1) is 16.8. The molecule has 0 aliphatic carbocycles. The Morgan fingerprint density at radius 1 is 1.33 bits per heavy atom. The zero-order chi connectivity index (χ0) is 17.2. The van der Waals surface area contributed by atoms with E-state index in [9.17, 15) is 17.6 Å². The van der Waals surface area contributed by atoms with Crippen molar-refractivity contribution in [2.75, 3.05) is 19.6 Å². The summed E-state index contributed by atoms with van der Waals surface area (Å²) in [5.74, 6) is -0.587. The van der Waals surface area contributed by atoms with E-state index in [2.05, 4.69) is 15.5 Å². The Bertz CT molecular complexity index is 688. The molecule has 0 amide bonds. The average molecular weight is 344 g/mol. The number of hydrogen-bond donors (Lipinski definition) is 1. The molecular formula is C15H16F4N4O. The van der Waals surface area contributed by atoms with Crippen molar-refractivity contribution in [2.45, 2.75) is 25.2 Å². The fraction of sp³-hybridized carbons (Fsp3) is 0.467. The molecule has 9 heteroatoms. The second kappa shape index (κ2) is 6.86. The Morgan fingerprint density at radius 3 is 2.92 bits per heavy atom. The van der Waals surface area contributed by atoms with E-state index in [1.807, 2.05) is 11.0 Å². The lowest BCUT2D eigenvalue weighted by molar-refractivity contribution is -0.128. The van der Waals surface area contributed by atoms with Crippen molar-refractivity contribution < 1.29 is 22.1 Å². The molecule has 3 rings (SSSR count). The van der Waals surface area contributed by atoms with Crippen molar-refractivity contribution in [3.8, 4) is 0 Å². The van der Waals surface area contributed by atoms with E-state index >= 15 is 0 Å². The van der Waals surface area contributed by atoms with E-state index in [4.69, 9.17) is 4.52 Å². The van der Waals surface area contributed by atoms with E-state index in [0.29, 0.717) is 13.1 Å². The largest absolute Gasteiger partial charge is 0.396 e. The molecule has 1 aromatic carbocycles. The van der Waals surface area contributed by atoms with Crippen LogP contribution in [0.15, 0.2) is 28.8 Å². The summed E-state index contributed by atoms with van der Waals surface area (Å²) in [6.07, 6.45) is -5.59. The van der Waals surface area contributed by atoms with Crippen LogP contribution in [-0.2, 0) is 13.0 Å². The van der Waals surface area contributed by atoms with Gasteiger partial charge in [-0.15, -0.1) is 0 Å². The van der Waals surface area contributed by atoms with Crippen LogP contribution in [0.1, 0.15) is 23.3 Å². The number of hydrogen-bond acceptors (Lipinski definition) is 5. The second-order valence-electron chi connectivity index (χ2n) is 5.64. The Hall–Kier alpha value is -2.00. The van der Waals surface area contributed by atoms with Gasteiger partial charge in [-0.2, -0.15) is 18.2 Å². The van der Waals surface area contributed by atoms with E-state index in [1.54, 1.807) is 6.07 Å². The van der Waals surface area contributed by atoms with E-state index in [0.717, 1.165) is 12.1 Å².